The first-order valence-electron chi connectivity index (χ1n) is 9.83. The standard InChI is InChI=1S/C24H17ClN2O3S2/c1-12-5-7-14(8-6-12)21(28)19-20(17-4-3-9-31-17)27(23(30)22(19)29)24-26-16-11-15(25)13(2)10-18(16)32-24/h3-11,20,28H,1-2H3/b21-19+. The monoisotopic (exact) mass is 480 g/mol. The third-order valence-corrected chi connectivity index (χ3v) is 7.80. The Morgan fingerprint density at radius 3 is 2.56 bits per heavy atom. The van der Waals surface area contributed by atoms with E-state index in [1.165, 1.54) is 27.6 Å². The van der Waals surface area contributed by atoms with Crippen LogP contribution in [-0.4, -0.2) is 21.8 Å². The molecular weight excluding hydrogens is 464 g/mol. The Bertz CT molecular complexity index is 1370. The van der Waals surface area contributed by atoms with Crippen LogP contribution in [0.3, 0.4) is 0 Å². The van der Waals surface area contributed by atoms with Crippen LogP contribution < -0.4 is 4.90 Å². The number of aliphatic hydroxyl groups is 1. The van der Waals surface area contributed by atoms with E-state index in [-0.39, 0.29) is 11.3 Å². The largest absolute Gasteiger partial charge is 0.507 e. The van der Waals surface area contributed by atoms with Crippen LogP contribution in [0.5, 0.6) is 0 Å². The molecule has 5 rings (SSSR count). The summed E-state index contributed by atoms with van der Waals surface area (Å²) >= 11 is 8.99. The predicted octanol–water partition coefficient (Wildman–Crippen LogP) is 6.25. The predicted molar refractivity (Wildman–Crippen MR) is 130 cm³/mol. The summed E-state index contributed by atoms with van der Waals surface area (Å²) in [5, 5.41) is 14.0. The van der Waals surface area contributed by atoms with Crippen LogP contribution in [0.2, 0.25) is 5.02 Å². The number of ketones is 1. The van der Waals surface area contributed by atoms with Crippen molar-refractivity contribution in [2.24, 2.45) is 0 Å². The summed E-state index contributed by atoms with van der Waals surface area (Å²) < 4.78 is 0.868. The van der Waals surface area contributed by atoms with Gasteiger partial charge in [-0.3, -0.25) is 14.5 Å². The Hall–Kier alpha value is -3.00. The third-order valence-electron chi connectivity index (χ3n) is 5.45. The van der Waals surface area contributed by atoms with Gasteiger partial charge in [0.15, 0.2) is 5.13 Å². The van der Waals surface area contributed by atoms with E-state index in [2.05, 4.69) is 4.98 Å². The van der Waals surface area contributed by atoms with Crippen molar-refractivity contribution in [1.82, 2.24) is 4.98 Å². The number of nitrogens with zero attached hydrogens (tertiary/aromatic N) is 2. The summed E-state index contributed by atoms with van der Waals surface area (Å²) in [6.07, 6.45) is 0. The maximum absolute atomic E-state index is 13.2. The number of halogens is 1. The lowest BCUT2D eigenvalue weighted by Crippen LogP contribution is -2.28. The molecule has 3 heterocycles. The lowest BCUT2D eigenvalue weighted by molar-refractivity contribution is -0.132. The van der Waals surface area contributed by atoms with Crippen LogP contribution in [0.4, 0.5) is 5.13 Å². The second-order valence-electron chi connectivity index (χ2n) is 7.62. The van der Waals surface area contributed by atoms with Gasteiger partial charge < -0.3 is 5.11 Å². The summed E-state index contributed by atoms with van der Waals surface area (Å²) in [7, 11) is 0. The fourth-order valence-corrected chi connectivity index (χ4v) is 5.81. The van der Waals surface area contributed by atoms with Gasteiger partial charge in [0, 0.05) is 15.5 Å². The number of carbonyl (C=O) groups is 2. The number of aryl methyl sites for hydroxylation is 2. The van der Waals surface area contributed by atoms with Crippen LogP contribution in [0.15, 0.2) is 59.5 Å². The summed E-state index contributed by atoms with van der Waals surface area (Å²) in [6.45, 7) is 3.84. The van der Waals surface area contributed by atoms with Gasteiger partial charge in [0.2, 0.25) is 0 Å². The SMILES string of the molecule is Cc1ccc(/C(O)=C2\C(=O)C(=O)N(c3nc4cc(Cl)c(C)cc4s3)C2c2cccs2)cc1. The van der Waals surface area contributed by atoms with Crippen LogP contribution >= 0.6 is 34.3 Å². The average molecular weight is 481 g/mol. The fourth-order valence-electron chi connectivity index (χ4n) is 3.75. The number of anilines is 1. The molecule has 1 unspecified atom stereocenters. The summed E-state index contributed by atoms with van der Waals surface area (Å²) in [5.41, 5.74) is 3.15. The molecule has 0 spiro atoms. The van der Waals surface area contributed by atoms with Crippen molar-refractivity contribution < 1.29 is 14.7 Å². The van der Waals surface area contributed by atoms with Crippen molar-refractivity contribution in [2.45, 2.75) is 19.9 Å². The molecule has 0 bridgehead atoms. The molecule has 1 aliphatic rings. The Morgan fingerprint density at radius 1 is 1.12 bits per heavy atom. The van der Waals surface area contributed by atoms with Crippen LogP contribution in [0.1, 0.15) is 27.6 Å². The number of fused-ring (bicyclic) bond motifs is 1. The first-order valence-corrected chi connectivity index (χ1v) is 11.9. The zero-order chi connectivity index (χ0) is 22.6. The minimum Gasteiger partial charge on any atom is -0.507 e. The average Bonchev–Trinajstić information content (AvgIpc) is 3.48. The van der Waals surface area contributed by atoms with E-state index in [0.29, 0.717) is 21.2 Å². The van der Waals surface area contributed by atoms with Gasteiger partial charge in [0.1, 0.15) is 11.8 Å². The molecule has 2 aromatic carbocycles. The number of benzene rings is 2. The van der Waals surface area contributed by atoms with Gasteiger partial charge >= 0.3 is 5.91 Å². The van der Waals surface area contributed by atoms with E-state index in [1.54, 1.807) is 18.2 Å². The number of Topliss-reactive ketones (excluding diaryl/α,β-unsaturated/α-hetero) is 1. The molecule has 0 saturated carbocycles. The topological polar surface area (TPSA) is 70.5 Å². The van der Waals surface area contributed by atoms with Gasteiger partial charge in [-0.05, 0) is 43.0 Å². The number of carbonyl (C=O) groups excluding carboxylic acids is 2. The molecular formula is C24H17ClN2O3S2. The molecule has 1 aliphatic heterocycles. The maximum atomic E-state index is 13.2. The molecule has 8 heteroatoms. The van der Waals surface area contributed by atoms with Crippen LogP contribution in [-0.2, 0) is 9.59 Å². The minimum atomic E-state index is -0.756. The highest BCUT2D eigenvalue weighted by atomic mass is 35.5. The highest BCUT2D eigenvalue weighted by Gasteiger charge is 2.48. The second kappa shape index (κ2) is 7.85. The molecule has 2 aromatic heterocycles. The number of thiophene rings is 1. The quantitative estimate of drug-likeness (QED) is 0.213. The summed E-state index contributed by atoms with van der Waals surface area (Å²) in [5.74, 6) is -1.63. The first kappa shape index (κ1) is 20.9. The minimum absolute atomic E-state index is 0.0646. The highest BCUT2D eigenvalue weighted by molar-refractivity contribution is 7.22. The molecule has 0 aliphatic carbocycles. The first-order chi connectivity index (χ1) is 15.3. The van der Waals surface area contributed by atoms with E-state index < -0.39 is 17.7 Å². The molecule has 1 amide bonds. The van der Waals surface area contributed by atoms with Crippen molar-refractivity contribution in [3.8, 4) is 0 Å². The molecule has 1 N–H and O–H groups in total. The number of thiazole rings is 1. The van der Waals surface area contributed by atoms with Gasteiger partial charge in [-0.15, -0.1) is 11.3 Å². The highest BCUT2D eigenvalue weighted by Crippen LogP contribution is 2.45. The number of rotatable bonds is 3. The number of hydrogen-bond acceptors (Lipinski definition) is 6. The van der Waals surface area contributed by atoms with Gasteiger partial charge in [-0.25, -0.2) is 4.98 Å². The molecule has 1 atom stereocenters. The third kappa shape index (κ3) is 3.33. The Morgan fingerprint density at radius 2 is 1.88 bits per heavy atom. The fraction of sp³-hybridized carbons (Fsp3) is 0.125. The van der Waals surface area contributed by atoms with Crippen molar-refractivity contribution >= 4 is 67.1 Å². The number of aromatic nitrogens is 1. The molecule has 1 saturated heterocycles. The van der Waals surface area contributed by atoms with Gasteiger partial charge in [0.25, 0.3) is 5.78 Å². The van der Waals surface area contributed by atoms with E-state index in [4.69, 9.17) is 11.6 Å². The lowest BCUT2D eigenvalue weighted by atomic mass is 9.99. The smallest absolute Gasteiger partial charge is 0.301 e. The van der Waals surface area contributed by atoms with Gasteiger partial charge in [0.05, 0.1) is 15.8 Å². The van der Waals surface area contributed by atoms with Gasteiger partial charge in [-0.2, -0.15) is 0 Å². The molecule has 1 fully saturated rings. The van der Waals surface area contributed by atoms with E-state index in [1.807, 2.05) is 49.6 Å². The van der Waals surface area contributed by atoms with Crippen LogP contribution in [0, 0.1) is 13.8 Å². The zero-order valence-corrected chi connectivity index (χ0v) is 19.5. The van der Waals surface area contributed by atoms with Gasteiger partial charge in [-0.1, -0.05) is 58.8 Å². The Kier molecular flexibility index (Phi) is 5.12. The molecule has 4 aromatic rings. The summed E-state index contributed by atoms with van der Waals surface area (Å²) in [4.78, 5) is 33.1. The van der Waals surface area contributed by atoms with Crippen molar-refractivity contribution in [3.05, 3.63) is 86.1 Å². The Balaban J connectivity index is 1.71. The molecule has 160 valence electrons. The Labute approximate surface area is 197 Å². The van der Waals surface area contributed by atoms with Crippen molar-refractivity contribution in [3.63, 3.8) is 0 Å². The zero-order valence-electron chi connectivity index (χ0n) is 17.1. The van der Waals surface area contributed by atoms with Crippen molar-refractivity contribution in [1.29, 1.82) is 0 Å². The van der Waals surface area contributed by atoms with Crippen molar-refractivity contribution in [2.75, 3.05) is 4.90 Å². The number of hydrogen-bond donors (Lipinski definition) is 1. The van der Waals surface area contributed by atoms with E-state index in [9.17, 15) is 14.7 Å². The summed E-state index contributed by atoms with van der Waals surface area (Å²) in [6, 6.07) is 13.8. The maximum Gasteiger partial charge on any atom is 0.301 e. The molecule has 0 radical (unpaired) electrons. The second-order valence-corrected chi connectivity index (χ2v) is 10.0. The van der Waals surface area contributed by atoms with Crippen LogP contribution in [0.25, 0.3) is 16.0 Å². The number of amides is 1. The lowest BCUT2D eigenvalue weighted by Gasteiger charge is -2.21. The number of aliphatic hydroxyl groups excluding tert-OH is 1. The van der Waals surface area contributed by atoms with E-state index in [0.717, 1.165) is 20.7 Å². The normalized spacial score (nSPS) is 18.1. The molecule has 5 nitrogen and oxygen atoms in total. The van der Waals surface area contributed by atoms with E-state index >= 15 is 0 Å². The molecule has 32 heavy (non-hydrogen) atoms.